The lowest BCUT2D eigenvalue weighted by Crippen LogP contribution is -2.31. The normalized spacial score (nSPS) is 13.6. The Hall–Kier alpha value is -0.530. The summed E-state index contributed by atoms with van der Waals surface area (Å²) in [4.78, 5) is 0. The van der Waals surface area contributed by atoms with Crippen LogP contribution in [-0.2, 0) is 4.74 Å². The topological polar surface area (TPSA) is 18.5 Å². The Morgan fingerprint density at radius 3 is 2.45 bits per heavy atom. The molecule has 0 aliphatic heterocycles. The van der Waals surface area contributed by atoms with Crippen molar-refractivity contribution in [2.45, 2.75) is 17.7 Å². The van der Waals surface area contributed by atoms with E-state index in [1.807, 2.05) is 0 Å². The lowest BCUT2D eigenvalue weighted by molar-refractivity contribution is -0.130. The number of alkyl halides is 5. The van der Waals surface area contributed by atoms with Crippen LogP contribution in [0, 0.1) is 0 Å². The molecule has 0 spiro atoms. The van der Waals surface area contributed by atoms with E-state index in [0.717, 1.165) is 0 Å². The summed E-state index contributed by atoms with van der Waals surface area (Å²) in [5, 5.41) is -2.12. The number of halogens is 6. The summed E-state index contributed by atoms with van der Waals surface area (Å²) in [5.41, 5.74) is -0.122. The Labute approximate surface area is 127 Å². The van der Waals surface area contributed by atoms with Crippen LogP contribution in [0.1, 0.15) is 10.9 Å². The minimum absolute atomic E-state index is 0.122. The van der Waals surface area contributed by atoms with Gasteiger partial charge in [-0.3, -0.25) is 0 Å². The summed E-state index contributed by atoms with van der Waals surface area (Å²) >= 11 is 8.55. The Morgan fingerprint density at radius 1 is 1.30 bits per heavy atom. The maximum absolute atomic E-state index is 13.2. The van der Waals surface area contributed by atoms with Crippen LogP contribution in [0.2, 0.25) is 0 Å². The van der Waals surface area contributed by atoms with Gasteiger partial charge in [-0.15, -0.1) is 11.6 Å². The molecule has 1 rings (SSSR count). The summed E-state index contributed by atoms with van der Waals surface area (Å²) in [6.07, 6.45) is -3.83. The molecule has 0 heterocycles. The number of rotatable bonds is 7. The van der Waals surface area contributed by atoms with Gasteiger partial charge in [0.1, 0.15) is 17.7 Å². The van der Waals surface area contributed by atoms with Crippen LogP contribution in [0.15, 0.2) is 22.7 Å². The number of hydrogen-bond acceptors (Lipinski definition) is 2. The third-order valence-corrected chi connectivity index (χ3v) is 3.59. The monoisotopic (exact) mass is 378 g/mol. The van der Waals surface area contributed by atoms with Crippen LogP contribution in [0.25, 0.3) is 0 Å². The first-order valence-corrected chi connectivity index (χ1v) is 6.74. The number of benzene rings is 1. The first-order valence-electron chi connectivity index (χ1n) is 5.52. The smallest absolute Gasteiger partial charge is 0.327 e. The highest BCUT2D eigenvalue weighted by Crippen LogP contribution is 2.42. The molecule has 0 fully saturated rings. The molecule has 0 radical (unpaired) electrons. The molecule has 114 valence electrons. The maximum Gasteiger partial charge on any atom is 0.327 e. The van der Waals surface area contributed by atoms with Crippen molar-refractivity contribution < 1.29 is 27.0 Å². The molecule has 2 nitrogen and oxygen atoms in total. The predicted molar refractivity (Wildman–Crippen MR) is 71.1 cm³/mol. The van der Waals surface area contributed by atoms with E-state index >= 15 is 0 Å². The molecule has 1 aromatic carbocycles. The van der Waals surface area contributed by atoms with Crippen LogP contribution < -0.4 is 4.74 Å². The van der Waals surface area contributed by atoms with Gasteiger partial charge in [0.05, 0.1) is 11.1 Å². The zero-order valence-corrected chi connectivity index (χ0v) is 12.7. The van der Waals surface area contributed by atoms with E-state index in [4.69, 9.17) is 21.1 Å². The molecule has 1 aromatic rings. The molecular weight excluding hydrogens is 367 g/mol. The number of methoxy groups -OCH3 is 1. The highest BCUT2D eigenvalue weighted by Gasteiger charge is 2.48. The number of ether oxygens (including phenoxy) is 2. The summed E-state index contributed by atoms with van der Waals surface area (Å²) in [6.45, 7) is 0.627. The lowest BCUT2D eigenvalue weighted by atomic mass is 10.1. The van der Waals surface area contributed by atoms with Crippen molar-refractivity contribution in [2.75, 3.05) is 20.3 Å². The van der Waals surface area contributed by atoms with E-state index in [-0.39, 0.29) is 12.2 Å². The fraction of sp³-hybridized carbons (Fsp3) is 0.500. The van der Waals surface area contributed by atoms with Crippen LogP contribution in [0.3, 0.4) is 0 Å². The minimum atomic E-state index is -4.31. The fourth-order valence-electron chi connectivity index (χ4n) is 1.36. The molecule has 8 heteroatoms. The summed E-state index contributed by atoms with van der Waals surface area (Å²) < 4.78 is 61.3. The molecule has 0 amide bonds. The molecule has 0 N–H and O–H groups in total. The summed E-state index contributed by atoms with van der Waals surface area (Å²) in [5.74, 6) is -3.92. The SMILES string of the molecule is COCCOc1ccc(C(Cl)C(F)(F)C(F)F)cc1Br. The highest BCUT2D eigenvalue weighted by molar-refractivity contribution is 9.10. The Kier molecular flexibility index (Phi) is 6.54. The average molecular weight is 380 g/mol. The molecular formula is C12H12BrClF4O2. The first-order chi connectivity index (χ1) is 9.30. The molecule has 0 aliphatic rings. The van der Waals surface area contributed by atoms with Crippen molar-refractivity contribution in [3.63, 3.8) is 0 Å². The van der Waals surface area contributed by atoms with E-state index in [0.29, 0.717) is 16.8 Å². The fourth-order valence-corrected chi connectivity index (χ4v) is 2.10. The quantitative estimate of drug-likeness (QED) is 0.390. The molecule has 1 unspecified atom stereocenters. The Bertz CT molecular complexity index is 445. The first kappa shape index (κ1) is 17.5. The molecule has 1 atom stereocenters. The zero-order chi connectivity index (χ0) is 15.3. The molecule has 0 saturated heterocycles. The largest absolute Gasteiger partial charge is 0.490 e. The van der Waals surface area contributed by atoms with Crippen molar-refractivity contribution in [3.05, 3.63) is 28.2 Å². The van der Waals surface area contributed by atoms with Crippen LogP contribution in [0.4, 0.5) is 17.6 Å². The molecule has 0 bridgehead atoms. The van der Waals surface area contributed by atoms with Crippen molar-refractivity contribution in [2.24, 2.45) is 0 Å². The molecule has 0 aromatic heterocycles. The molecule has 20 heavy (non-hydrogen) atoms. The minimum Gasteiger partial charge on any atom is -0.490 e. The highest BCUT2D eigenvalue weighted by atomic mass is 79.9. The average Bonchev–Trinajstić information content (AvgIpc) is 2.39. The standard InChI is InChI=1S/C12H12BrClF4O2/c1-19-4-5-20-9-3-2-7(6-8(9)13)10(14)12(17,18)11(15)16/h2-3,6,10-11H,4-5H2,1H3. The van der Waals surface area contributed by atoms with Gasteiger partial charge in [0.15, 0.2) is 0 Å². The second-order valence-corrected chi connectivity index (χ2v) is 5.16. The van der Waals surface area contributed by atoms with E-state index in [1.165, 1.54) is 25.3 Å². The van der Waals surface area contributed by atoms with Gasteiger partial charge in [0.2, 0.25) is 0 Å². The second kappa shape index (κ2) is 7.47. The van der Waals surface area contributed by atoms with Gasteiger partial charge in [-0.25, -0.2) is 8.78 Å². The summed E-state index contributed by atoms with van der Waals surface area (Å²) in [7, 11) is 1.51. The van der Waals surface area contributed by atoms with Gasteiger partial charge in [-0.1, -0.05) is 6.07 Å². The van der Waals surface area contributed by atoms with Gasteiger partial charge < -0.3 is 9.47 Å². The van der Waals surface area contributed by atoms with Crippen molar-refractivity contribution in [1.29, 1.82) is 0 Å². The van der Waals surface area contributed by atoms with Crippen LogP contribution in [0.5, 0.6) is 5.75 Å². The van der Waals surface area contributed by atoms with E-state index < -0.39 is 17.7 Å². The molecule has 0 saturated carbocycles. The van der Waals surface area contributed by atoms with Gasteiger partial charge >= 0.3 is 12.3 Å². The Balaban J connectivity index is 2.86. The van der Waals surface area contributed by atoms with Gasteiger partial charge in [-0.05, 0) is 33.6 Å². The predicted octanol–water partition coefficient (Wildman–Crippen LogP) is 4.65. The number of hydrogen-bond donors (Lipinski definition) is 0. The van der Waals surface area contributed by atoms with E-state index in [1.54, 1.807) is 0 Å². The zero-order valence-electron chi connectivity index (χ0n) is 10.4. The van der Waals surface area contributed by atoms with Gasteiger partial charge in [0.25, 0.3) is 0 Å². The second-order valence-electron chi connectivity index (χ2n) is 3.87. The lowest BCUT2D eigenvalue weighted by Gasteiger charge is -2.21. The Morgan fingerprint density at radius 2 is 1.95 bits per heavy atom. The van der Waals surface area contributed by atoms with Crippen LogP contribution in [-0.4, -0.2) is 32.7 Å². The van der Waals surface area contributed by atoms with Gasteiger partial charge in [-0.2, -0.15) is 8.78 Å². The van der Waals surface area contributed by atoms with Crippen molar-refractivity contribution >= 4 is 27.5 Å². The van der Waals surface area contributed by atoms with Crippen molar-refractivity contribution in [1.82, 2.24) is 0 Å². The third-order valence-electron chi connectivity index (χ3n) is 2.42. The van der Waals surface area contributed by atoms with E-state index in [2.05, 4.69) is 15.9 Å². The van der Waals surface area contributed by atoms with Crippen molar-refractivity contribution in [3.8, 4) is 5.75 Å². The van der Waals surface area contributed by atoms with E-state index in [9.17, 15) is 17.6 Å². The summed E-state index contributed by atoms with van der Waals surface area (Å²) in [6, 6.07) is 3.84. The third kappa shape index (κ3) is 4.23. The maximum atomic E-state index is 13.2. The van der Waals surface area contributed by atoms with Crippen LogP contribution >= 0.6 is 27.5 Å². The molecule has 0 aliphatic carbocycles. The van der Waals surface area contributed by atoms with Gasteiger partial charge in [0, 0.05) is 7.11 Å².